The molecule has 2 rings (SSSR count). The predicted octanol–water partition coefficient (Wildman–Crippen LogP) is 3.45. The molecule has 0 bridgehead atoms. The van der Waals surface area contributed by atoms with E-state index in [2.05, 4.69) is 13.0 Å². The summed E-state index contributed by atoms with van der Waals surface area (Å²) in [7, 11) is 0. The lowest BCUT2D eigenvalue weighted by Gasteiger charge is -2.32. The smallest absolute Gasteiger partial charge is 0.0438 e. The van der Waals surface area contributed by atoms with E-state index in [9.17, 15) is 0 Å². The Bertz CT molecular complexity index is 372. The van der Waals surface area contributed by atoms with Crippen LogP contribution >= 0.6 is 35.1 Å². The normalized spacial score (nSPS) is 26.8. The Kier molecular flexibility index (Phi) is 5.10. The summed E-state index contributed by atoms with van der Waals surface area (Å²) >= 11 is 10.2. The number of hydrogen-bond donors (Lipinski definition) is 1. The van der Waals surface area contributed by atoms with Crippen molar-refractivity contribution in [2.24, 2.45) is 5.73 Å². The third-order valence-electron chi connectivity index (χ3n) is 3.07. The summed E-state index contributed by atoms with van der Waals surface area (Å²) in [6.07, 6.45) is 0.877. The fourth-order valence-electron chi connectivity index (χ4n) is 2.15. The molecule has 94 valence electrons. The zero-order chi connectivity index (χ0) is 12.3. The van der Waals surface area contributed by atoms with Crippen molar-refractivity contribution in [1.82, 2.24) is 0 Å². The second-order valence-corrected chi connectivity index (χ2v) is 7.55. The van der Waals surface area contributed by atoms with Gasteiger partial charge < -0.3 is 5.73 Å². The van der Waals surface area contributed by atoms with Gasteiger partial charge >= 0.3 is 0 Å². The van der Waals surface area contributed by atoms with Gasteiger partial charge in [0.1, 0.15) is 0 Å². The lowest BCUT2D eigenvalue weighted by atomic mass is 10.0. The zero-order valence-corrected chi connectivity index (χ0v) is 12.3. The average molecular weight is 288 g/mol. The van der Waals surface area contributed by atoms with Crippen LogP contribution in [0.5, 0.6) is 0 Å². The average Bonchev–Trinajstić information content (AvgIpc) is 2.32. The fraction of sp³-hybridized carbons (Fsp3) is 0.538. The van der Waals surface area contributed by atoms with Crippen LogP contribution in [0.15, 0.2) is 24.3 Å². The molecule has 0 radical (unpaired) electrons. The van der Waals surface area contributed by atoms with Crippen molar-refractivity contribution in [3.63, 3.8) is 0 Å². The van der Waals surface area contributed by atoms with Gasteiger partial charge in [-0.25, -0.2) is 0 Å². The molecule has 1 nitrogen and oxygen atoms in total. The Morgan fingerprint density at radius 2 is 2.06 bits per heavy atom. The highest BCUT2D eigenvalue weighted by molar-refractivity contribution is 8.07. The van der Waals surface area contributed by atoms with Crippen molar-refractivity contribution in [3.05, 3.63) is 34.9 Å². The molecule has 0 saturated carbocycles. The first-order chi connectivity index (χ1) is 8.18. The SMILES string of the molecule is CC1SCCSC1C(N)Cc1ccccc1Cl. The van der Waals surface area contributed by atoms with Crippen LogP contribution in [-0.4, -0.2) is 28.0 Å². The van der Waals surface area contributed by atoms with E-state index in [0.717, 1.165) is 11.4 Å². The third-order valence-corrected chi connectivity index (χ3v) is 6.71. The maximum atomic E-state index is 6.35. The Hall–Kier alpha value is 0.170. The molecule has 1 aromatic carbocycles. The molecule has 1 aliphatic heterocycles. The van der Waals surface area contributed by atoms with E-state index in [4.69, 9.17) is 17.3 Å². The molecule has 2 N–H and O–H groups in total. The summed E-state index contributed by atoms with van der Waals surface area (Å²) in [5, 5.41) is 2.03. The van der Waals surface area contributed by atoms with E-state index in [1.165, 1.54) is 17.1 Å². The first kappa shape index (κ1) is 13.6. The molecule has 0 amide bonds. The van der Waals surface area contributed by atoms with Gasteiger partial charge in [0, 0.05) is 33.1 Å². The summed E-state index contributed by atoms with van der Waals surface area (Å²) in [6, 6.07) is 8.21. The van der Waals surface area contributed by atoms with Gasteiger partial charge in [-0.1, -0.05) is 36.7 Å². The lowest BCUT2D eigenvalue weighted by Crippen LogP contribution is -2.42. The van der Waals surface area contributed by atoms with Crippen molar-refractivity contribution in [3.8, 4) is 0 Å². The molecule has 1 heterocycles. The lowest BCUT2D eigenvalue weighted by molar-refractivity contribution is 0.622. The molecule has 0 aliphatic carbocycles. The van der Waals surface area contributed by atoms with E-state index in [-0.39, 0.29) is 6.04 Å². The van der Waals surface area contributed by atoms with E-state index in [0.29, 0.717) is 10.5 Å². The van der Waals surface area contributed by atoms with Crippen LogP contribution in [0.1, 0.15) is 12.5 Å². The molecular formula is C13H18ClNS2. The Balaban J connectivity index is 2.01. The van der Waals surface area contributed by atoms with E-state index in [1.807, 2.05) is 41.7 Å². The maximum absolute atomic E-state index is 6.35. The first-order valence-electron chi connectivity index (χ1n) is 5.90. The number of thioether (sulfide) groups is 2. The summed E-state index contributed by atoms with van der Waals surface area (Å²) < 4.78 is 0. The van der Waals surface area contributed by atoms with Gasteiger partial charge in [0.05, 0.1) is 0 Å². The molecule has 17 heavy (non-hydrogen) atoms. The number of halogens is 1. The van der Waals surface area contributed by atoms with Crippen LogP contribution in [0.4, 0.5) is 0 Å². The molecule has 3 atom stereocenters. The van der Waals surface area contributed by atoms with Crippen molar-refractivity contribution < 1.29 is 0 Å². The van der Waals surface area contributed by atoms with Crippen LogP contribution in [-0.2, 0) is 6.42 Å². The van der Waals surface area contributed by atoms with Gasteiger partial charge in [0.2, 0.25) is 0 Å². The molecule has 1 aliphatic rings. The topological polar surface area (TPSA) is 26.0 Å². The molecule has 1 aromatic rings. The van der Waals surface area contributed by atoms with Gasteiger partial charge in [0.25, 0.3) is 0 Å². The monoisotopic (exact) mass is 287 g/mol. The molecule has 0 aromatic heterocycles. The van der Waals surface area contributed by atoms with Gasteiger partial charge in [-0.15, -0.1) is 0 Å². The van der Waals surface area contributed by atoms with E-state index in [1.54, 1.807) is 0 Å². The highest BCUT2D eigenvalue weighted by Gasteiger charge is 2.28. The summed E-state index contributed by atoms with van der Waals surface area (Å²) in [5.41, 5.74) is 7.52. The fourth-order valence-corrected chi connectivity index (χ4v) is 5.26. The van der Waals surface area contributed by atoms with Crippen LogP contribution in [0.3, 0.4) is 0 Å². The minimum atomic E-state index is 0.197. The van der Waals surface area contributed by atoms with Gasteiger partial charge in [-0.2, -0.15) is 23.5 Å². The largest absolute Gasteiger partial charge is 0.326 e. The van der Waals surface area contributed by atoms with Crippen molar-refractivity contribution in [2.45, 2.75) is 29.9 Å². The summed E-state index contributed by atoms with van der Waals surface area (Å²) in [5.74, 6) is 2.47. The molecule has 1 fully saturated rings. The Labute approximate surface area is 117 Å². The van der Waals surface area contributed by atoms with Crippen molar-refractivity contribution in [1.29, 1.82) is 0 Å². The minimum Gasteiger partial charge on any atom is -0.326 e. The van der Waals surface area contributed by atoms with Crippen LogP contribution in [0.2, 0.25) is 5.02 Å². The molecule has 3 unspecified atom stereocenters. The number of nitrogens with two attached hydrogens (primary N) is 1. The van der Waals surface area contributed by atoms with Gasteiger partial charge in [-0.3, -0.25) is 0 Å². The maximum Gasteiger partial charge on any atom is 0.0438 e. The van der Waals surface area contributed by atoms with E-state index < -0.39 is 0 Å². The minimum absolute atomic E-state index is 0.197. The number of benzene rings is 1. The second-order valence-electron chi connectivity index (χ2n) is 4.37. The highest BCUT2D eigenvalue weighted by atomic mass is 35.5. The van der Waals surface area contributed by atoms with E-state index >= 15 is 0 Å². The molecule has 4 heteroatoms. The highest BCUT2D eigenvalue weighted by Crippen LogP contribution is 2.33. The molecule has 0 spiro atoms. The molecular weight excluding hydrogens is 270 g/mol. The first-order valence-corrected chi connectivity index (χ1v) is 8.38. The quantitative estimate of drug-likeness (QED) is 0.922. The van der Waals surface area contributed by atoms with Gasteiger partial charge in [0.15, 0.2) is 0 Å². The van der Waals surface area contributed by atoms with Gasteiger partial charge in [-0.05, 0) is 18.1 Å². The Morgan fingerprint density at radius 1 is 1.35 bits per heavy atom. The predicted molar refractivity (Wildman–Crippen MR) is 81.3 cm³/mol. The number of hydrogen-bond acceptors (Lipinski definition) is 3. The zero-order valence-electron chi connectivity index (χ0n) is 9.93. The van der Waals surface area contributed by atoms with Crippen molar-refractivity contribution >= 4 is 35.1 Å². The van der Waals surface area contributed by atoms with Crippen LogP contribution in [0.25, 0.3) is 0 Å². The van der Waals surface area contributed by atoms with Crippen LogP contribution < -0.4 is 5.73 Å². The third kappa shape index (κ3) is 3.57. The molecule has 1 saturated heterocycles. The number of rotatable bonds is 3. The Morgan fingerprint density at radius 3 is 2.76 bits per heavy atom. The summed E-state index contributed by atoms with van der Waals surface area (Å²) in [6.45, 7) is 2.29. The van der Waals surface area contributed by atoms with Crippen molar-refractivity contribution in [2.75, 3.05) is 11.5 Å². The summed E-state index contributed by atoms with van der Waals surface area (Å²) in [4.78, 5) is 0. The van der Waals surface area contributed by atoms with Crippen LogP contribution in [0, 0.1) is 0 Å². The second kappa shape index (κ2) is 6.37. The standard InChI is InChI=1S/C13H18ClNS2/c1-9-13(17-7-6-16-9)12(15)8-10-4-2-3-5-11(10)14/h2-5,9,12-13H,6-8,15H2,1H3.